The summed E-state index contributed by atoms with van der Waals surface area (Å²) in [5.74, 6) is 0. The highest BCUT2D eigenvalue weighted by Crippen LogP contribution is 2.26. The lowest BCUT2D eigenvalue weighted by Gasteiger charge is -2.00. The number of anilines is 1. The third kappa shape index (κ3) is 3.51. The lowest BCUT2D eigenvalue weighted by Crippen LogP contribution is -2.03. The molecule has 5 nitrogen and oxygen atoms in total. The highest BCUT2D eigenvalue weighted by molar-refractivity contribution is 7.14. The van der Waals surface area contributed by atoms with Gasteiger partial charge in [-0.2, -0.15) is 5.10 Å². The van der Waals surface area contributed by atoms with E-state index in [2.05, 4.69) is 15.5 Å². The molecular weight excluding hydrogens is 370 g/mol. The number of aromatic nitrogens is 1. The molecule has 2 aromatic heterocycles. The molecule has 1 N–H and O–H groups in total. The van der Waals surface area contributed by atoms with Crippen molar-refractivity contribution in [2.75, 3.05) is 5.43 Å². The number of rotatable bonds is 4. The van der Waals surface area contributed by atoms with E-state index in [1.807, 2.05) is 30.3 Å². The van der Waals surface area contributed by atoms with E-state index in [9.17, 15) is 4.79 Å². The standard InChI is InChI=1S/C19H12ClN3O2S/c20-14-6-7-17-13(8-14)9-15(18(24)25-17)16-11-26-19(22-16)23-21-10-12-4-2-1-3-5-12/h1-11H,(H,22,23)/b21-10+. The lowest BCUT2D eigenvalue weighted by atomic mass is 10.1. The summed E-state index contributed by atoms with van der Waals surface area (Å²) in [5, 5.41) is 7.84. The second-order valence-corrected chi connectivity index (χ2v) is 6.74. The number of nitrogens with zero attached hydrogens (tertiary/aromatic N) is 2. The van der Waals surface area contributed by atoms with Gasteiger partial charge >= 0.3 is 5.63 Å². The molecule has 0 saturated carbocycles. The maximum absolute atomic E-state index is 12.2. The molecule has 0 radical (unpaired) electrons. The Morgan fingerprint density at radius 1 is 1.15 bits per heavy atom. The number of hydrazone groups is 1. The quantitative estimate of drug-likeness (QED) is 0.306. The highest BCUT2D eigenvalue weighted by Gasteiger charge is 2.11. The summed E-state index contributed by atoms with van der Waals surface area (Å²) in [4.78, 5) is 16.6. The van der Waals surface area contributed by atoms with Crippen molar-refractivity contribution in [3.63, 3.8) is 0 Å². The second-order valence-electron chi connectivity index (χ2n) is 5.45. The minimum Gasteiger partial charge on any atom is -0.422 e. The van der Waals surface area contributed by atoms with Crippen LogP contribution < -0.4 is 11.1 Å². The maximum atomic E-state index is 12.2. The first kappa shape index (κ1) is 16.5. The number of halogens is 1. The van der Waals surface area contributed by atoms with Crippen molar-refractivity contribution < 1.29 is 4.42 Å². The van der Waals surface area contributed by atoms with E-state index in [0.717, 1.165) is 10.9 Å². The zero-order valence-electron chi connectivity index (χ0n) is 13.3. The second kappa shape index (κ2) is 7.11. The Hall–Kier alpha value is -2.96. The van der Waals surface area contributed by atoms with Gasteiger partial charge in [-0.25, -0.2) is 9.78 Å². The van der Waals surface area contributed by atoms with E-state index in [1.54, 1.807) is 35.9 Å². The summed E-state index contributed by atoms with van der Waals surface area (Å²) in [6, 6.07) is 16.6. The Labute approximate surface area is 157 Å². The molecule has 128 valence electrons. The van der Waals surface area contributed by atoms with Gasteiger partial charge in [0.2, 0.25) is 5.13 Å². The van der Waals surface area contributed by atoms with Gasteiger partial charge in [-0.15, -0.1) is 11.3 Å². The summed E-state index contributed by atoms with van der Waals surface area (Å²) in [7, 11) is 0. The van der Waals surface area contributed by atoms with Crippen LogP contribution in [-0.2, 0) is 0 Å². The average molecular weight is 382 g/mol. The van der Waals surface area contributed by atoms with Crippen LogP contribution in [0.1, 0.15) is 5.56 Å². The fraction of sp³-hybridized carbons (Fsp3) is 0. The van der Waals surface area contributed by atoms with Crippen molar-refractivity contribution in [3.8, 4) is 11.3 Å². The Kier molecular flexibility index (Phi) is 4.51. The van der Waals surface area contributed by atoms with Gasteiger partial charge in [0.05, 0.1) is 17.5 Å². The molecule has 0 aliphatic carbocycles. The number of thiazole rings is 1. The highest BCUT2D eigenvalue weighted by atomic mass is 35.5. The van der Waals surface area contributed by atoms with Crippen molar-refractivity contribution in [2.24, 2.45) is 5.10 Å². The predicted molar refractivity (Wildman–Crippen MR) is 106 cm³/mol. The summed E-state index contributed by atoms with van der Waals surface area (Å²) < 4.78 is 5.35. The predicted octanol–water partition coefficient (Wildman–Crippen LogP) is 5.02. The molecule has 4 rings (SSSR count). The molecule has 26 heavy (non-hydrogen) atoms. The van der Waals surface area contributed by atoms with Crippen LogP contribution in [0.2, 0.25) is 5.02 Å². The zero-order chi connectivity index (χ0) is 17.9. The van der Waals surface area contributed by atoms with E-state index < -0.39 is 5.63 Å². The number of fused-ring (bicyclic) bond motifs is 1. The van der Waals surface area contributed by atoms with Crippen LogP contribution in [0.15, 0.2) is 74.3 Å². The van der Waals surface area contributed by atoms with Gasteiger partial charge in [-0.1, -0.05) is 41.9 Å². The Morgan fingerprint density at radius 3 is 2.85 bits per heavy atom. The van der Waals surface area contributed by atoms with E-state index >= 15 is 0 Å². The number of hydrogen-bond donors (Lipinski definition) is 1. The third-order valence-corrected chi connectivity index (χ3v) is 4.63. The third-order valence-electron chi connectivity index (χ3n) is 3.65. The van der Waals surface area contributed by atoms with Gasteiger partial charge in [-0.05, 0) is 29.8 Å². The lowest BCUT2D eigenvalue weighted by molar-refractivity contribution is 0.563. The maximum Gasteiger partial charge on any atom is 0.345 e. The van der Waals surface area contributed by atoms with Gasteiger partial charge in [0, 0.05) is 15.8 Å². The fourth-order valence-electron chi connectivity index (χ4n) is 2.42. The van der Waals surface area contributed by atoms with Crippen molar-refractivity contribution in [3.05, 3.63) is 81.0 Å². The van der Waals surface area contributed by atoms with Crippen LogP contribution in [0, 0.1) is 0 Å². The van der Waals surface area contributed by atoms with Crippen LogP contribution in [0.25, 0.3) is 22.2 Å². The van der Waals surface area contributed by atoms with Crippen molar-refractivity contribution in [1.82, 2.24) is 4.98 Å². The van der Waals surface area contributed by atoms with Crippen LogP contribution in [0.3, 0.4) is 0 Å². The first-order chi connectivity index (χ1) is 12.7. The minimum absolute atomic E-state index is 0.385. The molecule has 0 atom stereocenters. The van der Waals surface area contributed by atoms with Crippen molar-refractivity contribution >= 4 is 45.3 Å². The van der Waals surface area contributed by atoms with Gasteiger partial charge < -0.3 is 4.42 Å². The van der Waals surface area contributed by atoms with Crippen LogP contribution >= 0.6 is 22.9 Å². The molecule has 0 aliphatic rings. The Bertz CT molecular complexity index is 1150. The average Bonchev–Trinajstić information content (AvgIpc) is 3.11. The van der Waals surface area contributed by atoms with Crippen molar-refractivity contribution in [1.29, 1.82) is 0 Å². The van der Waals surface area contributed by atoms with Crippen LogP contribution in [0.4, 0.5) is 5.13 Å². The molecule has 0 amide bonds. The topological polar surface area (TPSA) is 67.5 Å². The first-order valence-corrected chi connectivity index (χ1v) is 8.98. The molecule has 4 aromatic rings. The van der Waals surface area contributed by atoms with E-state index in [1.165, 1.54) is 11.3 Å². The molecule has 0 fully saturated rings. The van der Waals surface area contributed by atoms with Crippen LogP contribution in [-0.4, -0.2) is 11.2 Å². The molecule has 2 heterocycles. The van der Waals surface area contributed by atoms with Gasteiger partial charge in [0.1, 0.15) is 5.58 Å². The molecule has 0 saturated heterocycles. The van der Waals surface area contributed by atoms with E-state index in [-0.39, 0.29) is 0 Å². The molecule has 0 bridgehead atoms. The Morgan fingerprint density at radius 2 is 2.00 bits per heavy atom. The summed E-state index contributed by atoms with van der Waals surface area (Å²) in [6.45, 7) is 0. The minimum atomic E-state index is -0.440. The molecule has 0 aliphatic heterocycles. The number of benzene rings is 2. The SMILES string of the molecule is O=c1oc2ccc(Cl)cc2cc1-c1csc(N/N=C/c2ccccc2)n1. The molecule has 2 aromatic carbocycles. The zero-order valence-corrected chi connectivity index (χ0v) is 14.9. The van der Waals surface area contributed by atoms with Crippen molar-refractivity contribution in [2.45, 2.75) is 0 Å². The normalized spacial score (nSPS) is 11.3. The van der Waals surface area contributed by atoms with Crippen LogP contribution in [0.5, 0.6) is 0 Å². The summed E-state index contributed by atoms with van der Waals surface area (Å²) >= 11 is 7.36. The van der Waals surface area contributed by atoms with E-state index in [0.29, 0.717) is 27.0 Å². The van der Waals surface area contributed by atoms with E-state index in [4.69, 9.17) is 16.0 Å². The largest absolute Gasteiger partial charge is 0.422 e. The van der Waals surface area contributed by atoms with Gasteiger partial charge in [-0.3, -0.25) is 5.43 Å². The Balaban J connectivity index is 1.59. The monoisotopic (exact) mass is 381 g/mol. The molecular formula is C19H12ClN3O2S. The number of nitrogens with one attached hydrogen (secondary N) is 1. The molecule has 7 heteroatoms. The number of hydrogen-bond acceptors (Lipinski definition) is 6. The van der Waals surface area contributed by atoms with Gasteiger partial charge in [0.15, 0.2) is 0 Å². The summed E-state index contributed by atoms with van der Waals surface area (Å²) in [5.41, 5.74) is 4.81. The fourth-order valence-corrected chi connectivity index (χ4v) is 3.26. The van der Waals surface area contributed by atoms with Gasteiger partial charge in [0.25, 0.3) is 0 Å². The summed E-state index contributed by atoms with van der Waals surface area (Å²) in [6.07, 6.45) is 1.70. The smallest absolute Gasteiger partial charge is 0.345 e. The first-order valence-electron chi connectivity index (χ1n) is 7.72. The molecule has 0 unspecified atom stereocenters. The molecule has 0 spiro atoms.